The fraction of sp³-hybridized carbons (Fsp3) is 0.333. The third-order valence-electron chi connectivity index (χ3n) is 2.78. The van der Waals surface area contributed by atoms with Crippen LogP contribution in [0.2, 0.25) is 0 Å². The molecule has 0 bridgehead atoms. The highest BCUT2D eigenvalue weighted by molar-refractivity contribution is 8.00. The van der Waals surface area contributed by atoms with E-state index < -0.39 is 6.36 Å². The molecule has 0 saturated carbocycles. The number of halogens is 3. The molecule has 1 unspecified atom stereocenters. The number of hydrogen-bond acceptors (Lipinski definition) is 4. The number of nitrogens with zero attached hydrogens (tertiary/aromatic N) is 2. The predicted octanol–water partition coefficient (Wildman–Crippen LogP) is 1.84. The topological polar surface area (TPSA) is 101 Å². The van der Waals surface area contributed by atoms with E-state index in [1.165, 1.54) is 23.9 Å². The molecule has 10 heteroatoms. The summed E-state index contributed by atoms with van der Waals surface area (Å²) in [6.45, 7) is 0.596. The van der Waals surface area contributed by atoms with Crippen molar-refractivity contribution in [1.29, 1.82) is 5.41 Å². The Hall–Kier alpha value is -2.10. The van der Waals surface area contributed by atoms with Crippen LogP contribution in [0, 0.1) is 5.41 Å². The van der Waals surface area contributed by atoms with Gasteiger partial charge in [-0.1, -0.05) is 0 Å². The van der Waals surface area contributed by atoms with Crippen molar-refractivity contribution in [3.05, 3.63) is 24.3 Å². The molecule has 0 radical (unpaired) electrons. The van der Waals surface area contributed by atoms with Crippen LogP contribution in [-0.4, -0.2) is 40.7 Å². The lowest BCUT2D eigenvalue weighted by molar-refractivity contribution is -0.274. The minimum absolute atomic E-state index is 0.0953. The number of thioether (sulfide) groups is 1. The van der Waals surface area contributed by atoms with E-state index in [0.717, 1.165) is 17.9 Å². The zero-order valence-corrected chi connectivity index (χ0v) is 12.1. The highest BCUT2D eigenvalue weighted by atomic mass is 32.2. The molecular weight excluding hydrogens is 319 g/mol. The molecule has 1 fully saturated rings. The summed E-state index contributed by atoms with van der Waals surface area (Å²) in [4.78, 5) is 5.76. The molecule has 1 aromatic rings. The zero-order chi connectivity index (χ0) is 16.3. The van der Waals surface area contributed by atoms with Crippen LogP contribution in [0.4, 0.5) is 18.9 Å². The van der Waals surface area contributed by atoms with Gasteiger partial charge >= 0.3 is 6.36 Å². The number of nitrogens with two attached hydrogens (primary N) is 2. The van der Waals surface area contributed by atoms with Gasteiger partial charge in [0.1, 0.15) is 17.0 Å². The molecule has 1 heterocycles. The summed E-state index contributed by atoms with van der Waals surface area (Å²) in [5.41, 5.74) is 11.8. The van der Waals surface area contributed by atoms with Crippen LogP contribution >= 0.6 is 11.8 Å². The zero-order valence-electron chi connectivity index (χ0n) is 11.3. The number of alkyl halides is 3. The fourth-order valence-corrected chi connectivity index (χ4v) is 3.04. The Morgan fingerprint density at radius 3 is 2.50 bits per heavy atom. The van der Waals surface area contributed by atoms with Crippen LogP contribution < -0.4 is 16.2 Å². The minimum atomic E-state index is -4.73. The molecule has 1 atom stereocenters. The summed E-state index contributed by atoms with van der Waals surface area (Å²) >= 11 is 1.49. The first-order valence-electron chi connectivity index (χ1n) is 6.18. The standard InChI is InChI=1S/C12H14F3N5OS/c13-12(14,15)21-8-3-1-7(2-4-8)19-9(16)10-20(11(17)18)5-6-22-10/h1-4,10H,5-6H2,(H2,16,19)(H3,17,18). The number of benzene rings is 1. The average molecular weight is 333 g/mol. The van der Waals surface area contributed by atoms with Gasteiger partial charge in [0.2, 0.25) is 0 Å². The molecule has 120 valence electrons. The van der Waals surface area contributed by atoms with E-state index in [9.17, 15) is 13.2 Å². The molecular formula is C12H14F3N5OS. The van der Waals surface area contributed by atoms with Gasteiger partial charge in [-0.3, -0.25) is 5.41 Å². The molecule has 2 rings (SSSR count). The number of guanidine groups is 1. The molecule has 22 heavy (non-hydrogen) atoms. The molecule has 1 saturated heterocycles. The Bertz CT molecular complexity index is 575. The molecule has 0 spiro atoms. The van der Waals surface area contributed by atoms with E-state index >= 15 is 0 Å². The van der Waals surface area contributed by atoms with Gasteiger partial charge in [-0.2, -0.15) is 0 Å². The van der Waals surface area contributed by atoms with Crippen molar-refractivity contribution in [2.75, 3.05) is 12.3 Å². The highest BCUT2D eigenvalue weighted by Crippen LogP contribution is 2.27. The third-order valence-corrected chi connectivity index (χ3v) is 4.01. The van der Waals surface area contributed by atoms with Crippen LogP contribution in [0.15, 0.2) is 29.3 Å². The first kappa shape index (κ1) is 16.3. The summed E-state index contributed by atoms with van der Waals surface area (Å²) in [7, 11) is 0. The van der Waals surface area contributed by atoms with Gasteiger partial charge in [0.05, 0.1) is 5.69 Å². The molecule has 6 nitrogen and oxygen atoms in total. The van der Waals surface area contributed by atoms with Gasteiger partial charge in [0, 0.05) is 12.3 Å². The normalized spacial score (nSPS) is 19.3. The number of aliphatic imine (C=N–C) groups is 1. The third kappa shape index (κ3) is 4.20. The van der Waals surface area contributed by atoms with Crippen LogP contribution in [0.25, 0.3) is 0 Å². The molecule has 5 N–H and O–H groups in total. The van der Waals surface area contributed by atoms with Crippen LogP contribution in [0.5, 0.6) is 5.75 Å². The monoisotopic (exact) mass is 333 g/mol. The lowest BCUT2D eigenvalue weighted by Crippen LogP contribution is -2.45. The summed E-state index contributed by atoms with van der Waals surface area (Å²) in [6.07, 6.45) is -4.73. The second-order valence-electron chi connectivity index (χ2n) is 4.38. The van der Waals surface area contributed by atoms with Crippen molar-refractivity contribution in [2.45, 2.75) is 11.7 Å². The first-order chi connectivity index (χ1) is 10.3. The Morgan fingerprint density at radius 1 is 1.32 bits per heavy atom. The van der Waals surface area contributed by atoms with Crippen LogP contribution in [0.3, 0.4) is 0 Å². The number of ether oxygens (including phenoxy) is 1. The van der Waals surface area contributed by atoms with Crippen molar-refractivity contribution in [1.82, 2.24) is 4.90 Å². The SMILES string of the molecule is N=C(N)N1CCSC1C(N)=Nc1ccc(OC(F)(F)F)cc1. The van der Waals surface area contributed by atoms with E-state index in [-0.39, 0.29) is 22.9 Å². The lowest BCUT2D eigenvalue weighted by Gasteiger charge is -2.22. The van der Waals surface area contributed by atoms with E-state index in [1.54, 1.807) is 4.90 Å². The van der Waals surface area contributed by atoms with Crippen molar-refractivity contribution >= 4 is 29.2 Å². The van der Waals surface area contributed by atoms with Crippen molar-refractivity contribution < 1.29 is 17.9 Å². The molecule has 1 aliphatic heterocycles. The van der Waals surface area contributed by atoms with Crippen LogP contribution in [-0.2, 0) is 0 Å². The van der Waals surface area contributed by atoms with E-state index in [1.807, 2.05) is 0 Å². The number of nitrogens with one attached hydrogen (secondary N) is 1. The highest BCUT2D eigenvalue weighted by Gasteiger charge is 2.31. The van der Waals surface area contributed by atoms with E-state index in [0.29, 0.717) is 12.2 Å². The Kier molecular flexibility index (Phi) is 4.69. The largest absolute Gasteiger partial charge is 0.573 e. The van der Waals surface area contributed by atoms with E-state index in [2.05, 4.69) is 9.73 Å². The van der Waals surface area contributed by atoms with E-state index in [4.69, 9.17) is 16.9 Å². The van der Waals surface area contributed by atoms with Crippen molar-refractivity contribution in [3.63, 3.8) is 0 Å². The molecule has 0 aromatic heterocycles. The van der Waals surface area contributed by atoms with Gasteiger partial charge in [-0.05, 0) is 24.3 Å². The maximum absolute atomic E-state index is 12.1. The van der Waals surface area contributed by atoms with Crippen LogP contribution in [0.1, 0.15) is 0 Å². The molecule has 0 aliphatic carbocycles. The summed E-state index contributed by atoms with van der Waals surface area (Å²) in [5, 5.41) is 7.12. The second-order valence-corrected chi connectivity index (χ2v) is 5.57. The number of rotatable bonds is 3. The summed E-state index contributed by atoms with van der Waals surface area (Å²) in [6, 6.07) is 5.05. The maximum atomic E-state index is 12.1. The predicted molar refractivity (Wildman–Crippen MR) is 79.3 cm³/mol. The van der Waals surface area contributed by atoms with Crippen molar-refractivity contribution in [2.24, 2.45) is 16.5 Å². The maximum Gasteiger partial charge on any atom is 0.573 e. The molecule has 1 aromatic carbocycles. The fourth-order valence-electron chi connectivity index (χ4n) is 1.89. The molecule has 0 amide bonds. The Labute approximate surface area is 128 Å². The summed E-state index contributed by atoms with van der Waals surface area (Å²) in [5.74, 6) is 0.577. The summed E-state index contributed by atoms with van der Waals surface area (Å²) < 4.78 is 40.0. The Balaban J connectivity index is 2.10. The van der Waals surface area contributed by atoms with Gasteiger partial charge in [-0.15, -0.1) is 24.9 Å². The lowest BCUT2D eigenvalue weighted by atomic mass is 10.3. The quantitative estimate of drug-likeness (QED) is 0.579. The van der Waals surface area contributed by atoms with Crippen molar-refractivity contribution in [3.8, 4) is 5.75 Å². The van der Waals surface area contributed by atoms with Gasteiger partial charge < -0.3 is 21.1 Å². The van der Waals surface area contributed by atoms with Gasteiger partial charge in [0.25, 0.3) is 0 Å². The number of hydrogen-bond donors (Lipinski definition) is 3. The molecule has 1 aliphatic rings. The van der Waals surface area contributed by atoms with Gasteiger partial charge in [0.15, 0.2) is 5.96 Å². The van der Waals surface area contributed by atoms with Gasteiger partial charge in [-0.25, -0.2) is 4.99 Å². The average Bonchev–Trinajstić information content (AvgIpc) is 2.89. The minimum Gasteiger partial charge on any atom is -0.406 e. The first-order valence-corrected chi connectivity index (χ1v) is 7.23. The Morgan fingerprint density at radius 2 is 1.95 bits per heavy atom. The number of amidine groups is 1. The second kappa shape index (κ2) is 6.34. The smallest absolute Gasteiger partial charge is 0.406 e.